The molecule has 0 bridgehead atoms. The Bertz CT molecular complexity index is 704. The number of likely N-dealkylation sites (N-methyl/N-ethyl adjacent to an activating group) is 1. The van der Waals surface area contributed by atoms with Gasteiger partial charge in [0, 0.05) is 7.05 Å². The number of nitriles is 1. The van der Waals surface area contributed by atoms with Gasteiger partial charge in [-0.3, -0.25) is 4.79 Å². The number of hydrogen-bond donors (Lipinski definition) is 0. The summed E-state index contributed by atoms with van der Waals surface area (Å²) in [4.78, 5) is 26.2. The highest BCUT2D eigenvalue weighted by Gasteiger charge is 2.39. The van der Waals surface area contributed by atoms with Crippen molar-refractivity contribution in [3.8, 4) is 17.6 Å². The van der Waals surface area contributed by atoms with E-state index in [1.807, 2.05) is 0 Å². The summed E-state index contributed by atoms with van der Waals surface area (Å²) in [5.41, 5.74) is -0.634. The molecule has 0 N–H and O–H groups in total. The van der Waals surface area contributed by atoms with Crippen molar-refractivity contribution < 1.29 is 23.8 Å². The minimum atomic E-state index is -0.810. The van der Waals surface area contributed by atoms with Crippen LogP contribution in [0.3, 0.4) is 0 Å². The third kappa shape index (κ3) is 4.07. The first-order valence-electron chi connectivity index (χ1n) is 8.54. The number of hydrogen-bond acceptors (Lipinski definition) is 6. The van der Waals surface area contributed by atoms with Crippen molar-refractivity contribution in [3.05, 3.63) is 23.8 Å². The van der Waals surface area contributed by atoms with Crippen LogP contribution in [-0.4, -0.2) is 50.2 Å². The van der Waals surface area contributed by atoms with E-state index in [9.17, 15) is 14.9 Å². The van der Waals surface area contributed by atoms with Gasteiger partial charge in [0.15, 0.2) is 6.61 Å². The van der Waals surface area contributed by atoms with Gasteiger partial charge in [0.05, 0.1) is 20.3 Å². The van der Waals surface area contributed by atoms with Crippen LogP contribution in [0.25, 0.3) is 0 Å². The lowest BCUT2D eigenvalue weighted by molar-refractivity contribution is -0.138. The van der Waals surface area contributed by atoms with E-state index in [0.717, 1.165) is 19.3 Å². The molecule has 0 atom stereocenters. The van der Waals surface area contributed by atoms with E-state index in [4.69, 9.17) is 14.2 Å². The van der Waals surface area contributed by atoms with Crippen LogP contribution in [0.2, 0.25) is 0 Å². The van der Waals surface area contributed by atoms with Crippen LogP contribution >= 0.6 is 0 Å². The number of esters is 1. The predicted molar refractivity (Wildman–Crippen MR) is 94.0 cm³/mol. The third-order valence-electron chi connectivity index (χ3n) is 4.86. The molecule has 26 heavy (non-hydrogen) atoms. The van der Waals surface area contributed by atoms with Gasteiger partial charge >= 0.3 is 5.97 Å². The van der Waals surface area contributed by atoms with E-state index in [2.05, 4.69) is 6.07 Å². The van der Waals surface area contributed by atoms with Crippen molar-refractivity contribution in [1.29, 1.82) is 5.26 Å². The van der Waals surface area contributed by atoms with Crippen LogP contribution in [0.4, 0.5) is 0 Å². The van der Waals surface area contributed by atoms with Gasteiger partial charge in [0.1, 0.15) is 22.6 Å². The zero-order valence-corrected chi connectivity index (χ0v) is 15.4. The molecule has 1 aliphatic carbocycles. The Kier molecular flexibility index (Phi) is 6.45. The maximum Gasteiger partial charge on any atom is 0.342 e. The lowest BCUT2D eigenvalue weighted by atomic mass is 9.81. The third-order valence-corrected chi connectivity index (χ3v) is 4.86. The first-order valence-corrected chi connectivity index (χ1v) is 8.54. The highest BCUT2D eigenvalue weighted by molar-refractivity contribution is 5.94. The fourth-order valence-electron chi connectivity index (χ4n) is 3.17. The van der Waals surface area contributed by atoms with Crippen LogP contribution in [-0.2, 0) is 9.53 Å². The number of methoxy groups -OCH3 is 2. The summed E-state index contributed by atoms with van der Waals surface area (Å²) < 4.78 is 15.4. The Morgan fingerprint density at radius 2 is 1.88 bits per heavy atom. The van der Waals surface area contributed by atoms with Crippen molar-refractivity contribution >= 4 is 11.9 Å². The Morgan fingerprint density at radius 1 is 1.19 bits per heavy atom. The Morgan fingerprint density at radius 3 is 2.46 bits per heavy atom. The lowest BCUT2D eigenvalue weighted by Crippen LogP contribution is -2.51. The molecule has 0 heterocycles. The summed E-state index contributed by atoms with van der Waals surface area (Å²) in [6.45, 7) is -0.431. The molecule has 0 unspecified atom stereocenters. The first kappa shape index (κ1) is 19.6. The standard InChI is InChI=1S/C19H24N2O5/c1-21(19(13-20)9-5-4-6-10-19)17(22)12-26-18(23)15-11-14(24-2)7-8-16(15)25-3/h7-8,11H,4-6,9-10,12H2,1-3H3. The molecule has 7 heteroatoms. The summed E-state index contributed by atoms with van der Waals surface area (Å²) in [6.07, 6.45) is 4.17. The van der Waals surface area contributed by atoms with Gasteiger partial charge in [-0.2, -0.15) is 5.26 Å². The van der Waals surface area contributed by atoms with Gasteiger partial charge in [-0.25, -0.2) is 4.79 Å². The van der Waals surface area contributed by atoms with Crippen molar-refractivity contribution in [2.45, 2.75) is 37.6 Å². The Balaban J connectivity index is 2.05. The fourth-order valence-corrected chi connectivity index (χ4v) is 3.17. The monoisotopic (exact) mass is 360 g/mol. The highest BCUT2D eigenvalue weighted by atomic mass is 16.5. The molecule has 0 aromatic heterocycles. The van der Waals surface area contributed by atoms with E-state index in [1.54, 1.807) is 19.2 Å². The summed E-state index contributed by atoms with van der Waals surface area (Å²) in [5.74, 6) is -0.273. The second-order valence-corrected chi connectivity index (χ2v) is 6.30. The minimum Gasteiger partial charge on any atom is -0.497 e. The van der Waals surface area contributed by atoms with E-state index < -0.39 is 24.0 Å². The predicted octanol–water partition coefficient (Wildman–Crippen LogP) is 2.55. The Labute approximate surface area is 153 Å². The van der Waals surface area contributed by atoms with Gasteiger partial charge in [-0.05, 0) is 31.0 Å². The van der Waals surface area contributed by atoms with E-state index in [1.165, 1.54) is 25.2 Å². The molecule has 140 valence electrons. The van der Waals surface area contributed by atoms with Crippen LogP contribution in [0.15, 0.2) is 18.2 Å². The normalized spacial score (nSPS) is 15.5. The maximum atomic E-state index is 12.5. The summed E-state index contributed by atoms with van der Waals surface area (Å²) in [7, 11) is 4.52. The summed E-state index contributed by atoms with van der Waals surface area (Å²) in [5, 5.41) is 9.56. The van der Waals surface area contributed by atoms with Crippen LogP contribution in [0, 0.1) is 11.3 Å². The maximum absolute atomic E-state index is 12.5. The second kappa shape index (κ2) is 8.56. The second-order valence-electron chi connectivity index (χ2n) is 6.30. The molecule has 0 radical (unpaired) electrons. The topological polar surface area (TPSA) is 88.9 Å². The van der Waals surface area contributed by atoms with Crippen LogP contribution < -0.4 is 9.47 Å². The van der Waals surface area contributed by atoms with Crippen molar-refractivity contribution in [1.82, 2.24) is 4.90 Å². The molecule has 1 aromatic rings. The number of benzene rings is 1. The average molecular weight is 360 g/mol. The number of rotatable bonds is 6. The van der Waals surface area contributed by atoms with Crippen molar-refractivity contribution in [3.63, 3.8) is 0 Å². The highest BCUT2D eigenvalue weighted by Crippen LogP contribution is 2.32. The molecule has 1 saturated carbocycles. The molecule has 1 aliphatic rings. The van der Waals surface area contributed by atoms with E-state index in [0.29, 0.717) is 24.3 Å². The van der Waals surface area contributed by atoms with Gasteiger partial charge in [-0.1, -0.05) is 19.3 Å². The van der Waals surface area contributed by atoms with E-state index in [-0.39, 0.29) is 5.56 Å². The first-order chi connectivity index (χ1) is 12.5. The molecule has 0 aliphatic heterocycles. The van der Waals surface area contributed by atoms with Gasteiger partial charge < -0.3 is 19.1 Å². The van der Waals surface area contributed by atoms with Crippen LogP contribution in [0.1, 0.15) is 42.5 Å². The zero-order valence-electron chi connectivity index (χ0n) is 15.4. The van der Waals surface area contributed by atoms with Gasteiger partial charge in [-0.15, -0.1) is 0 Å². The molecule has 1 aromatic carbocycles. The molecular formula is C19H24N2O5. The van der Waals surface area contributed by atoms with Gasteiger partial charge in [0.2, 0.25) is 0 Å². The molecule has 0 saturated heterocycles. The largest absolute Gasteiger partial charge is 0.497 e. The number of amides is 1. The Hall–Kier alpha value is -2.75. The number of carbonyl (C=O) groups excluding carboxylic acids is 2. The van der Waals surface area contributed by atoms with Crippen molar-refractivity contribution in [2.24, 2.45) is 0 Å². The summed E-state index contributed by atoms with van der Waals surface area (Å²) >= 11 is 0. The van der Waals surface area contributed by atoms with E-state index >= 15 is 0 Å². The molecule has 7 nitrogen and oxygen atoms in total. The molecule has 2 rings (SSSR count). The molecule has 1 amide bonds. The molecular weight excluding hydrogens is 336 g/mol. The van der Waals surface area contributed by atoms with Crippen molar-refractivity contribution in [2.75, 3.05) is 27.9 Å². The van der Waals surface area contributed by atoms with Crippen LogP contribution in [0.5, 0.6) is 11.5 Å². The average Bonchev–Trinajstić information content (AvgIpc) is 2.70. The number of ether oxygens (including phenoxy) is 3. The molecule has 1 fully saturated rings. The zero-order chi connectivity index (χ0) is 19.2. The summed E-state index contributed by atoms with van der Waals surface area (Å²) in [6, 6.07) is 7.03. The molecule has 0 spiro atoms. The lowest BCUT2D eigenvalue weighted by Gasteiger charge is -2.38. The minimum absolute atomic E-state index is 0.176. The SMILES string of the molecule is COc1ccc(OC)c(C(=O)OCC(=O)N(C)C2(C#N)CCCCC2)c1. The van der Waals surface area contributed by atoms with Gasteiger partial charge in [0.25, 0.3) is 5.91 Å². The quantitative estimate of drug-likeness (QED) is 0.724. The number of carbonyl (C=O) groups is 2. The fraction of sp³-hybridized carbons (Fsp3) is 0.526. The number of nitrogens with zero attached hydrogens (tertiary/aromatic N) is 2. The smallest absolute Gasteiger partial charge is 0.342 e.